The number of fused-ring (bicyclic) bond motifs is 1. The van der Waals surface area contributed by atoms with Gasteiger partial charge in [-0.05, 0) is 53.4 Å². The van der Waals surface area contributed by atoms with Crippen molar-refractivity contribution in [3.63, 3.8) is 0 Å². The molecule has 1 unspecified atom stereocenters. The lowest BCUT2D eigenvalue weighted by atomic mass is 10.0. The standard InChI is InChI=1S/C13H17BrO3/c1-8(15)6-10-7-11(14)13-12(9(10)2)16-4-3-5-17-13/h7-8,15H,3-6H2,1-2H3. The summed E-state index contributed by atoms with van der Waals surface area (Å²) >= 11 is 3.51. The Morgan fingerprint density at radius 3 is 2.65 bits per heavy atom. The first kappa shape index (κ1) is 12.7. The first-order chi connectivity index (χ1) is 8.09. The van der Waals surface area contributed by atoms with Crippen LogP contribution in [0, 0.1) is 6.92 Å². The molecular weight excluding hydrogens is 284 g/mol. The number of rotatable bonds is 2. The van der Waals surface area contributed by atoms with Gasteiger partial charge in [-0.2, -0.15) is 0 Å². The van der Waals surface area contributed by atoms with Gasteiger partial charge in [-0.25, -0.2) is 0 Å². The summed E-state index contributed by atoms with van der Waals surface area (Å²) in [5.74, 6) is 1.60. The predicted molar refractivity (Wildman–Crippen MR) is 69.9 cm³/mol. The van der Waals surface area contributed by atoms with Crippen molar-refractivity contribution in [1.82, 2.24) is 0 Å². The molecule has 1 heterocycles. The monoisotopic (exact) mass is 300 g/mol. The fourth-order valence-electron chi connectivity index (χ4n) is 2.00. The lowest BCUT2D eigenvalue weighted by molar-refractivity contribution is 0.195. The second kappa shape index (κ2) is 5.27. The molecule has 0 saturated heterocycles. The molecule has 0 radical (unpaired) electrons. The maximum atomic E-state index is 9.49. The topological polar surface area (TPSA) is 38.7 Å². The number of benzene rings is 1. The van der Waals surface area contributed by atoms with Crippen LogP contribution in [0.5, 0.6) is 11.5 Å². The van der Waals surface area contributed by atoms with Crippen LogP contribution in [-0.2, 0) is 6.42 Å². The number of aliphatic hydroxyl groups excluding tert-OH is 1. The molecule has 0 aromatic heterocycles. The van der Waals surface area contributed by atoms with Crippen molar-refractivity contribution in [2.75, 3.05) is 13.2 Å². The highest BCUT2D eigenvalue weighted by Gasteiger charge is 2.19. The van der Waals surface area contributed by atoms with Crippen molar-refractivity contribution in [2.45, 2.75) is 32.8 Å². The van der Waals surface area contributed by atoms with Crippen LogP contribution in [0.25, 0.3) is 0 Å². The van der Waals surface area contributed by atoms with Gasteiger partial charge in [0.05, 0.1) is 23.8 Å². The van der Waals surface area contributed by atoms with E-state index in [4.69, 9.17) is 9.47 Å². The van der Waals surface area contributed by atoms with E-state index in [0.717, 1.165) is 33.5 Å². The molecule has 0 saturated carbocycles. The van der Waals surface area contributed by atoms with Gasteiger partial charge in [-0.15, -0.1) is 0 Å². The quantitative estimate of drug-likeness (QED) is 0.913. The van der Waals surface area contributed by atoms with Gasteiger partial charge in [0.2, 0.25) is 0 Å². The van der Waals surface area contributed by atoms with Crippen molar-refractivity contribution >= 4 is 15.9 Å². The summed E-state index contributed by atoms with van der Waals surface area (Å²) in [6.45, 7) is 5.16. The summed E-state index contributed by atoms with van der Waals surface area (Å²) in [4.78, 5) is 0. The molecule has 1 aliphatic rings. The molecule has 0 amide bonds. The molecule has 1 atom stereocenters. The lowest BCUT2D eigenvalue weighted by Crippen LogP contribution is -2.07. The number of aliphatic hydroxyl groups is 1. The first-order valence-corrected chi connectivity index (χ1v) is 6.64. The molecule has 1 N–H and O–H groups in total. The van der Waals surface area contributed by atoms with Crippen LogP contribution < -0.4 is 9.47 Å². The molecule has 2 rings (SSSR count). The minimum absolute atomic E-state index is 0.356. The zero-order chi connectivity index (χ0) is 12.4. The van der Waals surface area contributed by atoms with E-state index in [0.29, 0.717) is 19.6 Å². The van der Waals surface area contributed by atoms with Crippen LogP contribution in [0.3, 0.4) is 0 Å². The fraction of sp³-hybridized carbons (Fsp3) is 0.538. The highest BCUT2D eigenvalue weighted by Crippen LogP contribution is 2.41. The summed E-state index contributed by atoms with van der Waals surface area (Å²) in [5.41, 5.74) is 2.15. The summed E-state index contributed by atoms with van der Waals surface area (Å²) in [5, 5.41) is 9.49. The van der Waals surface area contributed by atoms with Crippen molar-refractivity contribution in [1.29, 1.82) is 0 Å². The number of halogens is 1. The smallest absolute Gasteiger partial charge is 0.175 e. The normalized spacial score (nSPS) is 16.5. The van der Waals surface area contributed by atoms with Gasteiger partial charge in [-0.1, -0.05) is 0 Å². The molecule has 1 aromatic carbocycles. The minimum Gasteiger partial charge on any atom is -0.489 e. The SMILES string of the molecule is Cc1c(CC(C)O)cc(Br)c2c1OCCCO2. The van der Waals surface area contributed by atoms with Gasteiger partial charge in [0.15, 0.2) is 11.5 Å². The molecular formula is C13H17BrO3. The third-order valence-electron chi connectivity index (χ3n) is 2.84. The zero-order valence-corrected chi connectivity index (χ0v) is 11.7. The van der Waals surface area contributed by atoms with Crippen LogP contribution in [0.1, 0.15) is 24.5 Å². The van der Waals surface area contributed by atoms with Gasteiger partial charge in [0.25, 0.3) is 0 Å². The zero-order valence-electron chi connectivity index (χ0n) is 10.1. The molecule has 1 aliphatic heterocycles. The Morgan fingerprint density at radius 1 is 1.35 bits per heavy atom. The molecule has 0 bridgehead atoms. The summed E-state index contributed by atoms with van der Waals surface area (Å²) in [6.07, 6.45) is 1.17. The van der Waals surface area contributed by atoms with E-state index in [1.54, 1.807) is 6.92 Å². The van der Waals surface area contributed by atoms with Crippen LogP contribution in [0.4, 0.5) is 0 Å². The first-order valence-electron chi connectivity index (χ1n) is 5.85. The van der Waals surface area contributed by atoms with E-state index in [1.807, 2.05) is 13.0 Å². The predicted octanol–water partition coefficient (Wildman–Crippen LogP) is 2.84. The molecule has 0 spiro atoms. The Labute approximate surface area is 110 Å². The van der Waals surface area contributed by atoms with E-state index < -0.39 is 0 Å². The molecule has 0 aliphatic carbocycles. The highest BCUT2D eigenvalue weighted by molar-refractivity contribution is 9.10. The van der Waals surface area contributed by atoms with Gasteiger partial charge < -0.3 is 14.6 Å². The average Bonchev–Trinajstić information content (AvgIpc) is 2.50. The Morgan fingerprint density at radius 2 is 2.00 bits per heavy atom. The van der Waals surface area contributed by atoms with Crippen LogP contribution in [-0.4, -0.2) is 24.4 Å². The van der Waals surface area contributed by atoms with Crippen molar-refractivity contribution in [3.8, 4) is 11.5 Å². The van der Waals surface area contributed by atoms with Crippen LogP contribution >= 0.6 is 15.9 Å². The van der Waals surface area contributed by atoms with E-state index in [9.17, 15) is 5.11 Å². The summed E-state index contributed by atoms with van der Waals surface area (Å²) in [7, 11) is 0. The molecule has 1 aromatic rings. The third-order valence-corrected chi connectivity index (χ3v) is 3.43. The molecule has 3 nitrogen and oxygen atoms in total. The second-order valence-corrected chi connectivity index (χ2v) is 5.26. The van der Waals surface area contributed by atoms with Gasteiger partial charge in [0, 0.05) is 6.42 Å². The van der Waals surface area contributed by atoms with E-state index >= 15 is 0 Å². The Bertz CT molecular complexity index is 416. The van der Waals surface area contributed by atoms with Crippen molar-refractivity contribution in [2.24, 2.45) is 0 Å². The van der Waals surface area contributed by atoms with Gasteiger partial charge in [0.1, 0.15) is 0 Å². The summed E-state index contributed by atoms with van der Waals surface area (Å²) < 4.78 is 12.3. The lowest BCUT2D eigenvalue weighted by Gasteiger charge is -2.16. The number of hydrogen-bond acceptors (Lipinski definition) is 3. The Kier molecular flexibility index (Phi) is 3.94. The van der Waals surface area contributed by atoms with Gasteiger partial charge >= 0.3 is 0 Å². The maximum absolute atomic E-state index is 9.49. The molecule has 0 fully saturated rings. The average molecular weight is 301 g/mol. The fourth-order valence-corrected chi connectivity index (χ4v) is 2.57. The molecule has 4 heteroatoms. The van der Waals surface area contributed by atoms with E-state index in [1.165, 1.54) is 0 Å². The largest absolute Gasteiger partial charge is 0.489 e. The Balaban J connectivity index is 2.45. The number of hydrogen-bond donors (Lipinski definition) is 1. The van der Waals surface area contributed by atoms with Crippen LogP contribution in [0.2, 0.25) is 0 Å². The van der Waals surface area contributed by atoms with Gasteiger partial charge in [-0.3, -0.25) is 0 Å². The van der Waals surface area contributed by atoms with Crippen molar-refractivity contribution in [3.05, 3.63) is 21.7 Å². The second-order valence-electron chi connectivity index (χ2n) is 4.40. The maximum Gasteiger partial charge on any atom is 0.175 e. The minimum atomic E-state index is -0.356. The molecule has 17 heavy (non-hydrogen) atoms. The van der Waals surface area contributed by atoms with E-state index in [2.05, 4.69) is 15.9 Å². The summed E-state index contributed by atoms with van der Waals surface area (Å²) in [6, 6.07) is 2.01. The third kappa shape index (κ3) is 2.75. The number of ether oxygens (including phenoxy) is 2. The van der Waals surface area contributed by atoms with Crippen LogP contribution in [0.15, 0.2) is 10.5 Å². The van der Waals surface area contributed by atoms with E-state index in [-0.39, 0.29) is 6.10 Å². The Hall–Kier alpha value is -0.740. The molecule has 94 valence electrons. The highest BCUT2D eigenvalue weighted by atomic mass is 79.9. The van der Waals surface area contributed by atoms with Crippen molar-refractivity contribution < 1.29 is 14.6 Å².